The van der Waals surface area contributed by atoms with Crippen LogP contribution in [0.5, 0.6) is 0 Å². The molecule has 1 amide bonds. The van der Waals surface area contributed by atoms with E-state index in [1.165, 1.54) is 0 Å². The molecule has 0 atom stereocenters. The highest BCUT2D eigenvalue weighted by atomic mass is 16.2. The van der Waals surface area contributed by atoms with Gasteiger partial charge in [-0.2, -0.15) is 15.3 Å². The maximum absolute atomic E-state index is 12.7. The molecule has 0 aliphatic rings. The molecule has 0 unspecified atom stereocenters. The van der Waals surface area contributed by atoms with Crippen LogP contribution in [0, 0.1) is 6.92 Å². The molecule has 0 bridgehead atoms. The molecule has 0 aliphatic carbocycles. The van der Waals surface area contributed by atoms with E-state index in [1.54, 1.807) is 29.6 Å². The molecule has 6 nitrogen and oxygen atoms in total. The molecule has 0 fully saturated rings. The van der Waals surface area contributed by atoms with Crippen LogP contribution in [-0.2, 0) is 0 Å². The molecule has 0 N–H and O–H groups in total. The van der Waals surface area contributed by atoms with E-state index in [2.05, 4.69) is 15.3 Å². The van der Waals surface area contributed by atoms with E-state index in [0.29, 0.717) is 12.1 Å². The van der Waals surface area contributed by atoms with Crippen molar-refractivity contribution in [2.24, 2.45) is 0 Å². The third kappa shape index (κ3) is 2.54. The van der Waals surface area contributed by atoms with Crippen LogP contribution in [0.1, 0.15) is 42.9 Å². The van der Waals surface area contributed by atoms with Crippen molar-refractivity contribution in [2.75, 3.05) is 11.4 Å². The van der Waals surface area contributed by atoms with Crippen LogP contribution in [0.4, 0.5) is 5.69 Å². The Morgan fingerprint density at radius 1 is 1.35 bits per heavy atom. The minimum absolute atomic E-state index is 0.0649. The molecular weight excluding hydrogens is 254 g/mol. The van der Waals surface area contributed by atoms with Gasteiger partial charge in [0, 0.05) is 18.3 Å². The standard InChI is InChI=1S/C14H19N5O/c1-5-18(12-6-7-15-16-8-12)14(20)13-9-17-19(10(2)3)11(13)4/h6-10H,5H2,1-4H3. The van der Waals surface area contributed by atoms with Crippen molar-refractivity contribution >= 4 is 11.6 Å². The van der Waals surface area contributed by atoms with Gasteiger partial charge in [-0.3, -0.25) is 9.48 Å². The van der Waals surface area contributed by atoms with Crippen LogP contribution in [-0.4, -0.2) is 32.4 Å². The van der Waals surface area contributed by atoms with Crippen molar-refractivity contribution in [3.63, 3.8) is 0 Å². The predicted molar refractivity (Wildman–Crippen MR) is 76.7 cm³/mol. The first kappa shape index (κ1) is 14.2. The molecule has 2 rings (SSSR count). The minimum atomic E-state index is -0.0649. The molecule has 2 aromatic heterocycles. The van der Waals surface area contributed by atoms with E-state index in [9.17, 15) is 4.79 Å². The maximum Gasteiger partial charge on any atom is 0.261 e. The molecule has 0 aromatic carbocycles. The molecular formula is C14H19N5O. The zero-order valence-corrected chi connectivity index (χ0v) is 12.2. The monoisotopic (exact) mass is 273 g/mol. The van der Waals surface area contributed by atoms with Gasteiger partial charge < -0.3 is 4.90 Å². The van der Waals surface area contributed by atoms with Crippen molar-refractivity contribution in [2.45, 2.75) is 33.7 Å². The summed E-state index contributed by atoms with van der Waals surface area (Å²) in [6.45, 7) is 8.49. The fraction of sp³-hybridized carbons (Fsp3) is 0.429. The van der Waals surface area contributed by atoms with Crippen LogP contribution in [0.3, 0.4) is 0 Å². The smallest absolute Gasteiger partial charge is 0.261 e. The number of rotatable bonds is 4. The average molecular weight is 273 g/mol. The Bertz CT molecular complexity index is 591. The molecule has 0 spiro atoms. The Hall–Kier alpha value is -2.24. The van der Waals surface area contributed by atoms with Crippen LogP contribution in [0.15, 0.2) is 24.7 Å². The average Bonchev–Trinajstić information content (AvgIpc) is 2.82. The lowest BCUT2D eigenvalue weighted by Crippen LogP contribution is -2.31. The number of amides is 1. The zero-order chi connectivity index (χ0) is 14.7. The quantitative estimate of drug-likeness (QED) is 0.857. The molecule has 6 heteroatoms. The Labute approximate surface area is 118 Å². The molecule has 106 valence electrons. The fourth-order valence-corrected chi connectivity index (χ4v) is 2.19. The molecule has 2 aromatic rings. The van der Waals surface area contributed by atoms with E-state index in [-0.39, 0.29) is 11.9 Å². The highest BCUT2D eigenvalue weighted by Gasteiger charge is 2.21. The van der Waals surface area contributed by atoms with Gasteiger partial charge in [0.2, 0.25) is 0 Å². The summed E-state index contributed by atoms with van der Waals surface area (Å²) >= 11 is 0. The highest BCUT2D eigenvalue weighted by molar-refractivity contribution is 6.06. The topological polar surface area (TPSA) is 63.9 Å². The van der Waals surface area contributed by atoms with Gasteiger partial charge in [0.1, 0.15) is 0 Å². The number of carbonyl (C=O) groups is 1. The van der Waals surface area contributed by atoms with Gasteiger partial charge in [0.05, 0.1) is 29.8 Å². The summed E-state index contributed by atoms with van der Waals surface area (Å²) in [5.41, 5.74) is 2.24. The third-order valence-electron chi connectivity index (χ3n) is 3.21. The van der Waals surface area contributed by atoms with Crippen LogP contribution in [0.2, 0.25) is 0 Å². The summed E-state index contributed by atoms with van der Waals surface area (Å²) < 4.78 is 1.85. The second-order valence-corrected chi connectivity index (χ2v) is 4.83. The van der Waals surface area contributed by atoms with Crippen molar-refractivity contribution in [1.82, 2.24) is 20.0 Å². The molecule has 0 saturated heterocycles. The Kier molecular flexibility index (Phi) is 4.12. The van der Waals surface area contributed by atoms with Gasteiger partial charge in [0.15, 0.2) is 0 Å². The van der Waals surface area contributed by atoms with Crippen molar-refractivity contribution < 1.29 is 4.79 Å². The van der Waals surface area contributed by atoms with Crippen LogP contribution in [0.25, 0.3) is 0 Å². The Balaban J connectivity index is 2.35. The normalized spacial score (nSPS) is 10.8. The first-order chi connectivity index (χ1) is 9.56. The first-order valence-electron chi connectivity index (χ1n) is 6.69. The number of aromatic nitrogens is 4. The van der Waals surface area contributed by atoms with E-state index in [1.807, 2.05) is 32.4 Å². The summed E-state index contributed by atoms with van der Waals surface area (Å²) in [5.74, 6) is -0.0649. The highest BCUT2D eigenvalue weighted by Crippen LogP contribution is 2.19. The van der Waals surface area contributed by atoms with E-state index in [0.717, 1.165) is 11.4 Å². The minimum Gasteiger partial charge on any atom is -0.307 e. The number of hydrogen-bond acceptors (Lipinski definition) is 4. The van der Waals surface area contributed by atoms with Gasteiger partial charge in [-0.1, -0.05) is 0 Å². The first-order valence-corrected chi connectivity index (χ1v) is 6.69. The third-order valence-corrected chi connectivity index (χ3v) is 3.21. The van der Waals surface area contributed by atoms with E-state index >= 15 is 0 Å². The molecule has 2 heterocycles. The lowest BCUT2D eigenvalue weighted by molar-refractivity contribution is 0.0987. The summed E-state index contributed by atoms with van der Waals surface area (Å²) in [5, 5.41) is 11.8. The Morgan fingerprint density at radius 3 is 2.60 bits per heavy atom. The Morgan fingerprint density at radius 2 is 2.10 bits per heavy atom. The van der Waals surface area contributed by atoms with E-state index in [4.69, 9.17) is 0 Å². The van der Waals surface area contributed by atoms with Crippen molar-refractivity contribution in [1.29, 1.82) is 0 Å². The largest absolute Gasteiger partial charge is 0.307 e. The SMILES string of the molecule is CCN(C(=O)c1cnn(C(C)C)c1C)c1ccnnc1. The van der Waals surface area contributed by atoms with Gasteiger partial charge >= 0.3 is 0 Å². The number of hydrogen-bond donors (Lipinski definition) is 0. The summed E-state index contributed by atoms with van der Waals surface area (Å²) in [7, 11) is 0. The van der Waals surface area contributed by atoms with Crippen molar-refractivity contribution in [3.8, 4) is 0 Å². The lowest BCUT2D eigenvalue weighted by atomic mass is 10.2. The fourth-order valence-electron chi connectivity index (χ4n) is 2.19. The van der Waals surface area contributed by atoms with Gasteiger partial charge in [0.25, 0.3) is 5.91 Å². The summed E-state index contributed by atoms with van der Waals surface area (Å²) in [4.78, 5) is 14.3. The van der Waals surface area contributed by atoms with Gasteiger partial charge in [-0.15, -0.1) is 0 Å². The predicted octanol–water partition coefficient (Wildman–Crippen LogP) is 2.23. The molecule has 0 radical (unpaired) electrons. The molecule has 0 aliphatic heterocycles. The maximum atomic E-state index is 12.7. The second-order valence-electron chi connectivity index (χ2n) is 4.83. The summed E-state index contributed by atoms with van der Waals surface area (Å²) in [6.07, 6.45) is 4.80. The summed E-state index contributed by atoms with van der Waals surface area (Å²) in [6, 6.07) is 2.01. The molecule has 20 heavy (non-hydrogen) atoms. The number of nitrogens with zero attached hydrogens (tertiary/aromatic N) is 5. The molecule has 0 saturated carbocycles. The van der Waals surface area contributed by atoms with Crippen LogP contribution < -0.4 is 4.90 Å². The second kappa shape index (κ2) is 5.81. The lowest BCUT2D eigenvalue weighted by Gasteiger charge is -2.20. The number of carbonyl (C=O) groups excluding carboxylic acids is 1. The van der Waals surface area contributed by atoms with Crippen molar-refractivity contribution in [3.05, 3.63) is 35.9 Å². The zero-order valence-electron chi connectivity index (χ0n) is 12.2. The van der Waals surface area contributed by atoms with E-state index < -0.39 is 0 Å². The van der Waals surface area contributed by atoms with Gasteiger partial charge in [-0.05, 0) is 33.8 Å². The number of anilines is 1. The van der Waals surface area contributed by atoms with Crippen LogP contribution >= 0.6 is 0 Å². The van der Waals surface area contributed by atoms with Gasteiger partial charge in [-0.25, -0.2) is 0 Å².